The van der Waals surface area contributed by atoms with Crippen LogP contribution in [0.2, 0.25) is 5.02 Å². The zero-order valence-corrected chi connectivity index (χ0v) is 21.3. The van der Waals surface area contributed by atoms with Crippen LogP contribution in [0.4, 0.5) is 5.69 Å². The Morgan fingerprint density at radius 1 is 1.38 bits per heavy atom. The first-order chi connectivity index (χ1) is 16.1. The summed E-state index contributed by atoms with van der Waals surface area (Å²) in [6, 6.07) is 4.95. The summed E-state index contributed by atoms with van der Waals surface area (Å²) in [6.07, 6.45) is 1.16. The van der Waals surface area contributed by atoms with Crippen molar-refractivity contribution in [2.75, 3.05) is 18.1 Å². The van der Waals surface area contributed by atoms with Gasteiger partial charge in [-0.05, 0) is 36.6 Å². The molecule has 0 radical (unpaired) electrons. The Balaban J connectivity index is 1.86. The van der Waals surface area contributed by atoms with E-state index in [2.05, 4.69) is 22.5 Å². The largest absolute Gasteiger partial charge is 0.481 e. The molecule has 184 valence electrons. The maximum atomic E-state index is 14.3. The van der Waals surface area contributed by atoms with Crippen molar-refractivity contribution < 1.29 is 29.3 Å². The van der Waals surface area contributed by atoms with Crippen LogP contribution in [0.25, 0.3) is 0 Å². The number of ether oxygens (including phenoxy) is 1. The molecule has 0 saturated carbocycles. The maximum absolute atomic E-state index is 14.3. The van der Waals surface area contributed by atoms with Crippen LogP contribution in [0.15, 0.2) is 36.9 Å². The maximum Gasteiger partial charge on any atom is 0.310 e. The molecule has 0 aliphatic carbocycles. The van der Waals surface area contributed by atoms with Crippen LogP contribution in [0.3, 0.4) is 0 Å². The van der Waals surface area contributed by atoms with Crippen LogP contribution in [0.1, 0.15) is 20.3 Å². The van der Waals surface area contributed by atoms with Gasteiger partial charge in [-0.15, -0.1) is 6.58 Å². The second-order valence-electron chi connectivity index (χ2n) is 9.46. The zero-order chi connectivity index (χ0) is 24.9. The van der Waals surface area contributed by atoms with Gasteiger partial charge in [0.1, 0.15) is 11.6 Å². The Bertz CT molecular complexity index is 1000. The molecule has 34 heavy (non-hydrogen) atoms. The summed E-state index contributed by atoms with van der Waals surface area (Å²) in [5, 5.41) is 20.7. The van der Waals surface area contributed by atoms with Gasteiger partial charge < -0.3 is 24.7 Å². The number of carbonyl (C=O) groups excluding carboxylic acids is 2. The third kappa shape index (κ3) is 3.68. The Morgan fingerprint density at radius 2 is 2.03 bits per heavy atom. The number of alkyl halides is 1. The highest BCUT2D eigenvalue weighted by Gasteiger charge is 2.77. The van der Waals surface area contributed by atoms with E-state index in [4.69, 9.17) is 16.3 Å². The molecular weight excluding hydrogens is 528 g/mol. The summed E-state index contributed by atoms with van der Waals surface area (Å²) in [6.45, 7) is 7.27. The van der Waals surface area contributed by atoms with E-state index in [0.29, 0.717) is 17.1 Å². The van der Waals surface area contributed by atoms with E-state index in [9.17, 15) is 24.6 Å². The number of carboxylic acids is 1. The molecule has 10 heteroatoms. The molecule has 1 unspecified atom stereocenters. The quantitative estimate of drug-likeness (QED) is 0.377. The van der Waals surface area contributed by atoms with E-state index in [-0.39, 0.29) is 23.9 Å². The van der Waals surface area contributed by atoms with Gasteiger partial charge >= 0.3 is 5.97 Å². The summed E-state index contributed by atoms with van der Waals surface area (Å²) in [5.41, 5.74) is -0.756. The van der Waals surface area contributed by atoms with E-state index in [1.165, 1.54) is 9.80 Å². The van der Waals surface area contributed by atoms with Gasteiger partial charge in [0.2, 0.25) is 5.91 Å². The second kappa shape index (κ2) is 9.26. The number of rotatable bonds is 8. The standard InChI is InChI=1S/C24H28BrClN2O6/c1-4-9-27(14-7-5-13(26)6-8-14)22(31)20-24-10-15(25)19(34-24)17(23(32)33)18(24)21(30)28(20)16(11-29)12(2)3/h4-8,12,15-20,29H,1,9-11H2,2-3H3,(H,32,33)/t15?,16-,17+,18-,19+,20+,24-/m0/s1. The van der Waals surface area contributed by atoms with Gasteiger partial charge in [-0.1, -0.05) is 47.5 Å². The molecule has 3 fully saturated rings. The third-order valence-corrected chi connectivity index (χ3v) is 8.37. The van der Waals surface area contributed by atoms with Crippen LogP contribution >= 0.6 is 27.5 Å². The van der Waals surface area contributed by atoms with Crippen LogP contribution in [0.5, 0.6) is 0 Å². The number of nitrogens with zero attached hydrogens (tertiary/aromatic N) is 2. The molecule has 0 aromatic heterocycles. The zero-order valence-electron chi connectivity index (χ0n) is 18.9. The van der Waals surface area contributed by atoms with Gasteiger partial charge in [0.05, 0.1) is 30.6 Å². The van der Waals surface area contributed by atoms with Crippen molar-refractivity contribution in [1.29, 1.82) is 0 Å². The number of hydrogen-bond acceptors (Lipinski definition) is 5. The van der Waals surface area contributed by atoms with Gasteiger partial charge in [-0.25, -0.2) is 0 Å². The average Bonchev–Trinajstić information content (AvgIpc) is 3.37. The number of aliphatic carboxylic acids is 1. The van der Waals surface area contributed by atoms with Crippen molar-refractivity contribution >= 4 is 51.0 Å². The minimum atomic E-state index is -1.32. The smallest absolute Gasteiger partial charge is 0.310 e. The predicted octanol–water partition coefficient (Wildman–Crippen LogP) is 2.71. The molecule has 3 aliphatic heterocycles. The number of aliphatic hydroxyl groups is 1. The number of fused-ring (bicyclic) bond motifs is 1. The van der Waals surface area contributed by atoms with E-state index < -0.39 is 53.4 Å². The number of benzene rings is 1. The van der Waals surface area contributed by atoms with Crippen LogP contribution in [0, 0.1) is 17.8 Å². The van der Waals surface area contributed by atoms with Gasteiger partial charge in [0, 0.05) is 22.1 Å². The Kier molecular flexibility index (Phi) is 6.85. The Hall–Kier alpha value is -1.94. The molecule has 2 N–H and O–H groups in total. The summed E-state index contributed by atoms with van der Waals surface area (Å²) >= 11 is 9.57. The first-order valence-electron chi connectivity index (χ1n) is 11.2. The molecular formula is C24H28BrClN2O6. The molecule has 2 bridgehead atoms. The monoisotopic (exact) mass is 554 g/mol. The van der Waals surface area contributed by atoms with Gasteiger partial charge in [0.15, 0.2) is 0 Å². The molecule has 4 rings (SSSR count). The van der Waals surface area contributed by atoms with Crippen molar-refractivity contribution in [2.45, 2.75) is 48.9 Å². The molecule has 7 atom stereocenters. The van der Waals surface area contributed by atoms with E-state index >= 15 is 0 Å². The van der Waals surface area contributed by atoms with Gasteiger partial charge in [-0.3, -0.25) is 14.4 Å². The highest BCUT2D eigenvalue weighted by molar-refractivity contribution is 9.09. The van der Waals surface area contributed by atoms with Crippen molar-refractivity contribution in [1.82, 2.24) is 4.90 Å². The Morgan fingerprint density at radius 3 is 2.56 bits per heavy atom. The van der Waals surface area contributed by atoms with E-state index in [0.717, 1.165) is 0 Å². The number of aliphatic hydroxyl groups excluding tert-OH is 1. The number of carboxylic acid groups (broad SMARTS) is 1. The number of anilines is 1. The minimum Gasteiger partial charge on any atom is -0.481 e. The van der Waals surface area contributed by atoms with Crippen molar-refractivity contribution in [3.8, 4) is 0 Å². The highest BCUT2D eigenvalue weighted by atomic mass is 79.9. The first kappa shape index (κ1) is 25.2. The lowest BCUT2D eigenvalue weighted by molar-refractivity contribution is -0.151. The fourth-order valence-corrected chi connectivity index (χ4v) is 6.90. The van der Waals surface area contributed by atoms with Crippen molar-refractivity contribution in [3.63, 3.8) is 0 Å². The third-order valence-electron chi connectivity index (χ3n) is 7.28. The van der Waals surface area contributed by atoms with Crippen molar-refractivity contribution in [2.24, 2.45) is 17.8 Å². The topological polar surface area (TPSA) is 107 Å². The number of carbonyl (C=O) groups is 3. The lowest BCUT2D eigenvalue weighted by Crippen LogP contribution is -2.60. The molecule has 1 spiro atoms. The predicted molar refractivity (Wildman–Crippen MR) is 130 cm³/mol. The number of hydrogen-bond donors (Lipinski definition) is 2. The Labute approximate surface area is 211 Å². The van der Waals surface area contributed by atoms with E-state index in [1.54, 1.807) is 30.3 Å². The summed E-state index contributed by atoms with van der Waals surface area (Å²) < 4.78 is 6.30. The summed E-state index contributed by atoms with van der Waals surface area (Å²) in [4.78, 5) is 42.9. The lowest BCUT2D eigenvalue weighted by atomic mass is 9.70. The lowest BCUT2D eigenvalue weighted by Gasteiger charge is -2.40. The molecule has 3 heterocycles. The normalized spacial score (nSPS) is 32.7. The fraction of sp³-hybridized carbons (Fsp3) is 0.542. The average molecular weight is 556 g/mol. The minimum absolute atomic E-state index is 0.161. The number of amides is 2. The number of halogens is 2. The molecule has 8 nitrogen and oxygen atoms in total. The van der Waals surface area contributed by atoms with Crippen molar-refractivity contribution in [3.05, 3.63) is 41.9 Å². The molecule has 2 amide bonds. The van der Waals surface area contributed by atoms with Crippen LogP contribution in [-0.2, 0) is 19.1 Å². The SMILES string of the molecule is C=CCN(C(=O)[C@H]1N([C@@H](CO)C(C)C)C(=O)[C@@H]2[C@@H](C(=O)O)[C@@H]3O[C@@]21CC3Br)c1ccc(Cl)cc1. The van der Waals surface area contributed by atoms with E-state index in [1.807, 2.05) is 13.8 Å². The molecule has 3 saturated heterocycles. The summed E-state index contributed by atoms with van der Waals surface area (Å²) in [7, 11) is 0. The molecule has 3 aliphatic rings. The van der Waals surface area contributed by atoms with Crippen LogP contribution in [-0.4, -0.2) is 74.7 Å². The molecule has 1 aromatic carbocycles. The first-order valence-corrected chi connectivity index (χ1v) is 12.5. The van der Waals surface area contributed by atoms with Gasteiger partial charge in [0.25, 0.3) is 5.91 Å². The number of likely N-dealkylation sites (tertiary alicyclic amines) is 1. The fourth-order valence-electron chi connectivity index (χ4n) is 5.83. The van der Waals surface area contributed by atoms with Crippen LogP contribution < -0.4 is 4.90 Å². The second-order valence-corrected chi connectivity index (χ2v) is 11.1. The summed E-state index contributed by atoms with van der Waals surface area (Å²) in [5.74, 6) is -4.28. The van der Waals surface area contributed by atoms with Gasteiger partial charge in [-0.2, -0.15) is 0 Å². The highest BCUT2D eigenvalue weighted by Crippen LogP contribution is 2.60. The molecule has 1 aromatic rings.